The number of benzene rings is 3. The molecule has 2 aliphatic heterocycles. The maximum Gasteiger partial charge on any atom is 0.301 e. The second-order valence-electron chi connectivity index (χ2n) is 11.0. The lowest BCUT2D eigenvalue weighted by Gasteiger charge is -2.24. The standard InChI is InChI=1S/C35H34FN3O7S2/c1-3-5-6-15-44-25-13-9-22(18-27(25)43-4-2)30-29(31(40)23-10-14-26-28(19-23)46-17-16-45-26)32(41)33(42)39(30)34-37-38-35(48-34)47-20-21-7-11-24(36)12-8-21/h7-14,18-19,30,40H,3-6,15-17,20H2,1-2H3/b31-29+/t30-/m1/s1. The Labute approximate surface area is 285 Å². The number of aliphatic hydroxyl groups excluding tert-OH is 1. The van der Waals surface area contributed by atoms with E-state index in [0.29, 0.717) is 65.1 Å². The van der Waals surface area contributed by atoms with Crippen LogP contribution in [0.2, 0.25) is 0 Å². The van der Waals surface area contributed by atoms with E-state index in [2.05, 4.69) is 17.1 Å². The minimum atomic E-state index is -1.06. The molecule has 0 unspecified atom stereocenters. The summed E-state index contributed by atoms with van der Waals surface area (Å²) in [6.45, 7) is 5.58. The first-order valence-corrected chi connectivity index (χ1v) is 17.5. The summed E-state index contributed by atoms with van der Waals surface area (Å²) < 4.78 is 37.2. The molecule has 3 heterocycles. The van der Waals surface area contributed by atoms with Gasteiger partial charge in [-0.15, -0.1) is 10.2 Å². The fourth-order valence-electron chi connectivity index (χ4n) is 5.39. The summed E-state index contributed by atoms with van der Waals surface area (Å²) in [5.41, 5.74) is 1.56. The Kier molecular flexibility index (Phi) is 10.5. The number of hydrogen-bond acceptors (Lipinski definition) is 11. The van der Waals surface area contributed by atoms with Gasteiger partial charge in [0.25, 0.3) is 5.78 Å². The third-order valence-electron chi connectivity index (χ3n) is 7.73. The van der Waals surface area contributed by atoms with Crippen LogP contribution in [0.3, 0.4) is 0 Å². The Balaban J connectivity index is 1.40. The number of unbranched alkanes of at least 4 members (excludes halogenated alkanes) is 2. The summed E-state index contributed by atoms with van der Waals surface area (Å²) >= 11 is 2.51. The lowest BCUT2D eigenvalue weighted by Crippen LogP contribution is -2.29. The number of nitrogens with zero attached hydrogens (tertiary/aromatic N) is 3. The van der Waals surface area contributed by atoms with Crippen molar-refractivity contribution in [1.82, 2.24) is 10.2 Å². The van der Waals surface area contributed by atoms with Gasteiger partial charge in [0.1, 0.15) is 24.8 Å². The Hall–Kier alpha value is -4.62. The first-order valence-electron chi connectivity index (χ1n) is 15.7. The average Bonchev–Trinajstić information content (AvgIpc) is 3.68. The molecule has 250 valence electrons. The molecule has 1 fully saturated rings. The topological polar surface area (TPSA) is 120 Å². The number of carbonyl (C=O) groups is 2. The summed E-state index contributed by atoms with van der Waals surface area (Å²) in [5, 5.41) is 20.4. The minimum Gasteiger partial charge on any atom is -0.507 e. The molecular weight excluding hydrogens is 658 g/mol. The molecule has 13 heteroatoms. The molecule has 6 rings (SSSR count). The predicted molar refractivity (Wildman–Crippen MR) is 181 cm³/mol. The second kappa shape index (κ2) is 15.1. The zero-order valence-electron chi connectivity index (χ0n) is 26.4. The number of carbonyl (C=O) groups excluding carboxylic acids is 2. The molecule has 4 aromatic rings. The van der Waals surface area contributed by atoms with Gasteiger partial charge in [0, 0.05) is 11.3 Å². The monoisotopic (exact) mass is 691 g/mol. The zero-order chi connectivity index (χ0) is 33.6. The first kappa shape index (κ1) is 33.3. The van der Waals surface area contributed by atoms with Crippen LogP contribution in [0.25, 0.3) is 5.76 Å². The van der Waals surface area contributed by atoms with Gasteiger partial charge in [-0.1, -0.05) is 61.1 Å². The number of ether oxygens (including phenoxy) is 4. The highest BCUT2D eigenvalue weighted by atomic mass is 32.2. The van der Waals surface area contributed by atoms with E-state index in [-0.39, 0.29) is 27.8 Å². The highest BCUT2D eigenvalue weighted by Crippen LogP contribution is 2.46. The maximum atomic E-state index is 13.8. The Morgan fingerprint density at radius 3 is 2.54 bits per heavy atom. The molecule has 10 nitrogen and oxygen atoms in total. The van der Waals surface area contributed by atoms with Gasteiger partial charge in [-0.25, -0.2) is 4.39 Å². The van der Waals surface area contributed by atoms with E-state index in [9.17, 15) is 19.1 Å². The zero-order valence-corrected chi connectivity index (χ0v) is 28.1. The molecule has 1 saturated heterocycles. The van der Waals surface area contributed by atoms with Crippen molar-refractivity contribution in [3.63, 3.8) is 0 Å². The van der Waals surface area contributed by atoms with E-state index in [4.69, 9.17) is 18.9 Å². The maximum absolute atomic E-state index is 13.8. The van der Waals surface area contributed by atoms with Crippen LogP contribution in [-0.4, -0.2) is 53.4 Å². The Morgan fingerprint density at radius 1 is 0.979 bits per heavy atom. The molecule has 3 aromatic carbocycles. The van der Waals surface area contributed by atoms with Gasteiger partial charge >= 0.3 is 5.91 Å². The summed E-state index contributed by atoms with van der Waals surface area (Å²) in [4.78, 5) is 28.9. The number of anilines is 1. The molecule has 1 atom stereocenters. The van der Waals surface area contributed by atoms with E-state index in [1.54, 1.807) is 48.5 Å². The van der Waals surface area contributed by atoms with E-state index in [0.717, 1.165) is 36.2 Å². The van der Waals surface area contributed by atoms with Crippen molar-refractivity contribution in [2.45, 2.75) is 49.2 Å². The minimum absolute atomic E-state index is 0.119. The fraction of sp³-hybridized carbons (Fsp3) is 0.314. The molecule has 2 aliphatic rings. The number of aliphatic hydroxyl groups is 1. The third-order valence-corrected chi connectivity index (χ3v) is 9.85. The number of Topliss-reactive ketones (excluding diaryl/α,β-unsaturated/α-hetero) is 1. The van der Waals surface area contributed by atoms with Crippen molar-refractivity contribution in [3.8, 4) is 23.0 Å². The van der Waals surface area contributed by atoms with Crippen molar-refractivity contribution in [1.29, 1.82) is 0 Å². The van der Waals surface area contributed by atoms with Gasteiger partial charge in [0.05, 0.1) is 24.8 Å². The smallest absolute Gasteiger partial charge is 0.301 e. The van der Waals surface area contributed by atoms with Crippen LogP contribution in [0.4, 0.5) is 9.52 Å². The third kappa shape index (κ3) is 7.12. The van der Waals surface area contributed by atoms with Gasteiger partial charge in [-0.2, -0.15) is 0 Å². The summed E-state index contributed by atoms with van der Waals surface area (Å²) in [6.07, 6.45) is 2.97. The predicted octanol–water partition coefficient (Wildman–Crippen LogP) is 7.33. The van der Waals surface area contributed by atoms with Gasteiger partial charge in [-0.3, -0.25) is 14.5 Å². The quantitative estimate of drug-likeness (QED) is 0.0381. The number of halogens is 1. The summed E-state index contributed by atoms with van der Waals surface area (Å²) in [7, 11) is 0. The molecule has 0 spiro atoms. The number of aromatic nitrogens is 2. The molecule has 1 N–H and O–H groups in total. The van der Waals surface area contributed by atoms with Gasteiger partial charge in [-0.05, 0) is 66.9 Å². The van der Waals surface area contributed by atoms with E-state index < -0.39 is 17.7 Å². The molecule has 0 saturated carbocycles. The van der Waals surface area contributed by atoms with Crippen molar-refractivity contribution < 1.29 is 38.0 Å². The largest absolute Gasteiger partial charge is 0.507 e. The van der Waals surface area contributed by atoms with Crippen LogP contribution in [0.1, 0.15) is 55.8 Å². The number of thioether (sulfide) groups is 1. The van der Waals surface area contributed by atoms with Gasteiger partial charge in [0.15, 0.2) is 27.3 Å². The van der Waals surface area contributed by atoms with Gasteiger partial charge in [0.2, 0.25) is 5.13 Å². The lowest BCUT2D eigenvalue weighted by molar-refractivity contribution is -0.132. The first-order chi connectivity index (χ1) is 23.4. The number of rotatable bonds is 13. The molecule has 1 amide bonds. The normalized spacial score (nSPS) is 16.7. The molecule has 0 bridgehead atoms. The Bertz CT molecular complexity index is 1830. The second-order valence-corrected chi connectivity index (χ2v) is 13.2. The summed E-state index contributed by atoms with van der Waals surface area (Å²) in [5.74, 6) is 0.00236. The summed E-state index contributed by atoms with van der Waals surface area (Å²) in [6, 6.07) is 15.2. The van der Waals surface area contributed by atoms with Crippen LogP contribution in [0.5, 0.6) is 23.0 Å². The molecule has 0 aliphatic carbocycles. The van der Waals surface area contributed by atoms with Crippen molar-refractivity contribution in [3.05, 3.63) is 88.7 Å². The van der Waals surface area contributed by atoms with E-state index >= 15 is 0 Å². The van der Waals surface area contributed by atoms with Crippen LogP contribution >= 0.6 is 23.1 Å². The van der Waals surface area contributed by atoms with Crippen LogP contribution < -0.4 is 23.8 Å². The molecular formula is C35H34FN3O7S2. The number of hydrogen-bond donors (Lipinski definition) is 1. The lowest BCUT2D eigenvalue weighted by atomic mass is 9.95. The fourth-order valence-corrected chi connectivity index (χ4v) is 7.22. The highest BCUT2D eigenvalue weighted by Gasteiger charge is 2.48. The molecule has 0 radical (unpaired) electrons. The average molecular weight is 692 g/mol. The van der Waals surface area contributed by atoms with Crippen LogP contribution in [0, 0.1) is 5.82 Å². The van der Waals surface area contributed by atoms with Crippen LogP contribution in [-0.2, 0) is 15.3 Å². The van der Waals surface area contributed by atoms with Crippen molar-refractivity contribution in [2.24, 2.45) is 0 Å². The van der Waals surface area contributed by atoms with Gasteiger partial charge < -0.3 is 24.1 Å². The SMILES string of the molecule is CCCCCOc1ccc([C@@H]2/C(=C(\O)c3ccc4c(c3)OCCO4)C(=O)C(=O)N2c2nnc(SCc3ccc(F)cc3)s2)cc1OCC. The number of fused-ring (bicyclic) bond motifs is 1. The van der Waals surface area contributed by atoms with E-state index in [1.165, 1.54) is 28.8 Å². The van der Waals surface area contributed by atoms with Crippen molar-refractivity contribution >= 4 is 45.7 Å². The number of ketones is 1. The van der Waals surface area contributed by atoms with E-state index in [1.807, 2.05) is 6.92 Å². The van der Waals surface area contributed by atoms with Crippen LogP contribution in [0.15, 0.2) is 70.6 Å². The highest BCUT2D eigenvalue weighted by molar-refractivity contribution is 8.00. The number of amides is 1. The molecule has 1 aromatic heterocycles. The van der Waals surface area contributed by atoms with Crippen molar-refractivity contribution in [2.75, 3.05) is 31.3 Å². The Morgan fingerprint density at radius 2 is 1.77 bits per heavy atom. The molecule has 48 heavy (non-hydrogen) atoms.